The molecule has 1 N–H and O–H groups in total. The number of nitrogens with zero attached hydrogens (tertiary/aromatic N) is 1. The Bertz CT molecular complexity index is 1080. The van der Waals surface area contributed by atoms with Crippen molar-refractivity contribution in [2.24, 2.45) is 17.8 Å². The monoisotopic (exact) mass is 420 g/mol. The summed E-state index contributed by atoms with van der Waals surface area (Å²) in [5.74, 6) is -0.730. The third kappa shape index (κ3) is 3.56. The summed E-state index contributed by atoms with van der Waals surface area (Å²) < 4.78 is 10.5. The van der Waals surface area contributed by atoms with Crippen molar-refractivity contribution in [3.05, 3.63) is 60.2 Å². The largest absolute Gasteiger partial charge is 0.497 e. The summed E-state index contributed by atoms with van der Waals surface area (Å²) in [6, 6.07) is 11.7. The first-order valence-corrected chi connectivity index (χ1v) is 10.1. The first kappa shape index (κ1) is 20.7. The average molecular weight is 420 g/mol. The lowest BCUT2D eigenvalue weighted by molar-refractivity contribution is -0.122. The van der Waals surface area contributed by atoms with Gasteiger partial charge in [0.25, 0.3) is 5.91 Å². The molecule has 1 aliphatic heterocycles. The normalized spacial score (nSPS) is 22.3. The van der Waals surface area contributed by atoms with Gasteiger partial charge in [0.2, 0.25) is 11.8 Å². The summed E-state index contributed by atoms with van der Waals surface area (Å²) in [4.78, 5) is 40.6. The first-order valence-electron chi connectivity index (χ1n) is 10.1. The smallest absolute Gasteiger partial charge is 0.257 e. The number of fused-ring (bicyclic) bond motifs is 1. The Morgan fingerprint density at radius 2 is 1.84 bits per heavy atom. The standard InChI is InChI=1S/C24H24N2O5/c1-14-7-6-9-17-21(14)24(29)26(23(17)28)19-10-5-4-8-16(19)22(27)25-18-12-11-15(30-2)13-20(18)31-3/h4-8,10-14,17,21H,9H2,1-3H3,(H,25,27)/t14-,17-,21+/m0/s1. The number of carbonyl (C=O) groups is 3. The van der Waals surface area contributed by atoms with Gasteiger partial charge in [-0.25, -0.2) is 4.90 Å². The number of amides is 3. The molecule has 1 aliphatic carbocycles. The molecule has 3 atom stereocenters. The van der Waals surface area contributed by atoms with Gasteiger partial charge in [-0.15, -0.1) is 0 Å². The second-order valence-corrected chi connectivity index (χ2v) is 7.70. The third-order valence-electron chi connectivity index (χ3n) is 5.92. The maximum atomic E-state index is 13.2. The quantitative estimate of drug-likeness (QED) is 0.589. The zero-order valence-electron chi connectivity index (χ0n) is 17.6. The Morgan fingerprint density at radius 3 is 2.55 bits per heavy atom. The van der Waals surface area contributed by atoms with Gasteiger partial charge < -0.3 is 14.8 Å². The molecule has 2 aromatic rings. The number of anilines is 2. The molecule has 0 spiro atoms. The summed E-state index contributed by atoms with van der Waals surface area (Å²) in [6.07, 6.45) is 4.47. The third-order valence-corrected chi connectivity index (χ3v) is 5.92. The van der Waals surface area contributed by atoms with E-state index in [1.807, 2.05) is 19.1 Å². The van der Waals surface area contributed by atoms with E-state index in [1.54, 1.807) is 49.6 Å². The molecule has 2 aliphatic rings. The number of allylic oxidation sites excluding steroid dienone is 2. The van der Waals surface area contributed by atoms with Crippen LogP contribution in [0.4, 0.5) is 11.4 Å². The van der Waals surface area contributed by atoms with Crippen LogP contribution in [0.25, 0.3) is 0 Å². The van der Waals surface area contributed by atoms with E-state index >= 15 is 0 Å². The SMILES string of the molecule is COc1ccc(NC(=O)c2ccccc2N2C(=O)[C@H]3[C@H](CC=C[C@@H]3C)C2=O)c(OC)c1. The van der Waals surface area contributed by atoms with Crippen LogP contribution in [-0.4, -0.2) is 31.9 Å². The maximum Gasteiger partial charge on any atom is 0.257 e. The fraction of sp³-hybridized carbons (Fsp3) is 0.292. The molecule has 0 aromatic heterocycles. The van der Waals surface area contributed by atoms with Gasteiger partial charge in [0, 0.05) is 6.07 Å². The van der Waals surface area contributed by atoms with Crippen LogP contribution >= 0.6 is 0 Å². The van der Waals surface area contributed by atoms with E-state index in [4.69, 9.17) is 9.47 Å². The van der Waals surface area contributed by atoms with Crippen LogP contribution in [-0.2, 0) is 9.59 Å². The number of hydrogen-bond acceptors (Lipinski definition) is 5. The fourth-order valence-electron chi connectivity index (χ4n) is 4.34. The first-order chi connectivity index (χ1) is 15.0. The van der Waals surface area contributed by atoms with E-state index in [0.717, 1.165) is 0 Å². The Labute approximate surface area is 180 Å². The van der Waals surface area contributed by atoms with Crippen LogP contribution in [0, 0.1) is 17.8 Å². The minimum atomic E-state index is -0.444. The Balaban J connectivity index is 1.66. The van der Waals surface area contributed by atoms with Crippen molar-refractivity contribution in [3.8, 4) is 11.5 Å². The van der Waals surface area contributed by atoms with Gasteiger partial charge in [0.05, 0.1) is 43.0 Å². The highest BCUT2D eigenvalue weighted by Crippen LogP contribution is 2.41. The number of ether oxygens (including phenoxy) is 2. The maximum absolute atomic E-state index is 13.2. The number of para-hydroxylation sites is 1. The lowest BCUT2D eigenvalue weighted by Gasteiger charge is -2.22. The van der Waals surface area contributed by atoms with Gasteiger partial charge in [0.1, 0.15) is 11.5 Å². The number of methoxy groups -OCH3 is 2. The van der Waals surface area contributed by atoms with Crippen LogP contribution < -0.4 is 19.7 Å². The van der Waals surface area contributed by atoms with Crippen molar-refractivity contribution < 1.29 is 23.9 Å². The molecular weight excluding hydrogens is 396 g/mol. The Hall–Kier alpha value is -3.61. The molecule has 1 saturated heterocycles. The Kier molecular flexibility index (Phi) is 5.50. The number of carbonyl (C=O) groups excluding carboxylic acids is 3. The molecule has 0 radical (unpaired) electrons. The van der Waals surface area contributed by atoms with Crippen molar-refractivity contribution in [3.63, 3.8) is 0 Å². The molecule has 2 aromatic carbocycles. The van der Waals surface area contributed by atoms with Crippen molar-refractivity contribution in [2.75, 3.05) is 24.4 Å². The van der Waals surface area contributed by atoms with Gasteiger partial charge >= 0.3 is 0 Å². The number of imide groups is 1. The molecular formula is C24H24N2O5. The van der Waals surface area contributed by atoms with Crippen molar-refractivity contribution in [1.82, 2.24) is 0 Å². The van der Waals surface area contributed by atoms with Gasteiger partial charge in [-0.1, -0.05) is 31.2 Å². The molecule has 0 saturated carbocycles. The number of hydrogen-bond donors (Lipinski definition) is 1. The zero-order valence-corrected chi connectivity index (χ0v) is 17.6. The predicted molar refractivity (Wildman–Crippen MR) is 116 cm³/mol. The summed E-state index contributed by atoms with van der Waals surface area (Å²) in [5.41, 5.74) is 0.985. The fourth-order valence-corrected chi connectivity index (χ4v) is 4.34. The number of rotatable bonds is 5. The van der Waals surface area contributed by atoms with E-state index in [-0.39, 0.29) is 29.2 Å². The lowest BCUT2D eigenvalue weighted by atomic mass is 9.78. The van der Waals surface area contributed by atoms with E-state index in [0.29, 0.717) is 29.3 Å². The van der Waals surface area contributed by atoms with Gasteiger partial charge in [-0.2, -0.15) is 0 Å². The molecule has 1 heterocycles. The molecule has 7 heteroatoms. The van der Waals surface area contributed by atoms with E-state index in [2.05, 4.69) is 5.32 Å². The van der Waals surface area contributed by atoms with E-state index in [9.17, 15) is 14.4 Å². The van der Waals surface area contributed by atoms with Crippen LogP contribution in [0.5, 0.6) is 11.5 Å². The molecule has 160 valence electrons. The summed E-state index contributed by atoms with van der Waals surface area (Å²) >= 11 is 0. The molecule has 7 nitrogen and oxygen atoms in total. The highest BCUT2D eigenvalue weighted by Gasteiger charge is 2.51. The van der Waals surface area contributed by atoms with Crippen molar-refractivity contribution >= 4 is 29.1 Å². The van der Waals surface area contributed by atoms with Crippen LogP contribution in [0.2, 0.25) is 0 Å². The van der Waals surface area contributed by atoms with Crippen LogP contribution in [0.3, 0.4) is 0 Å². The Morgan fingerprint density at radius 1 is 1.06 bits per heavy atom. The highest BCUT2D eigenvalue weighted by atomic mass is 16.5. The second kappa shape index (κ2) is 8.26. The zero-order chi connectivity index (χ0) is 22.1. The molecule has 31 heavy (non-hydrogen) atoms. The average Bonchev–Trinajstić information content (AvgIpc) is 3.04. The number of nitrogens with one attached hydrogen (secondary N) is 1. The highest BCUT2D eigenvalue weighted by molar-refractivity contribution is 6.25. The van der Waals surface area contributed by atoms with Gasteiger partial charge in [-0.3, -0.25) is 14.4 Å². The topological polar surface area (TPSA) is 84.9 Å². The molecule has 0 unspecified atom stereocenters. The van der Waals surface area contributed by atoms with Crippen LogP contribution in [0.15, 0.2) is 54.6 Å². The molecule has 3 amide bonds. The van der Waals surface area contributed by atoms with E-state index in [1.165, 1.54) is 12.0 Å². The van der Waals surface area contributed by atoms with Crippen molar-refractivity contribution in [1.29, 1.82) is 0 Å². The van der Waals surface area contributed by atoms with Gasteiger partial charge in [-0.05, 0) is 36.6 Å². The summed E-state index contributed by atoms with van der Waals surface area (Å²) in [6.45, 7) is 1.94. The predicted octanol–water partition coefficient (Wildman–Crippen LogP) is 3.66. The summed E-state index contributed by atoms with van der Waals surface area (Å²) in [5, 5.41) is 2.81. The van der Waals surface area contributed by atoms with Crippen molar-refractivity contribution in [2.45, 2.75) is 13.3 Å². The minimum Gasteiger partial charge on any atom is -0.497 e. The second-order valence-electron chi connectivity index (χ2n) is 7.70. The van der Waals surface area contributed by atoms with E-state index < -0.39 is 11.8 Å². The summed E-state index contributed by atoms with van der Waals surface area (Å²) in [7, 11) is 3.04. The van der Waals surface area contributed by atoms with Gasteiger partial charge in [0.15, 0.2) is 0 Å². The molecule has 1 fully saturated rings. The minimum absolute atomic E-state index is 0.0234. The van der Waals surface area contributed by atoms with Crippen LogP contribution in [0.1, 0.15) is 23.7 Å². The molecule has 0 bridgehead atoms. The molecule has 4 rings (SSSR count). The number of benzene rings is 2. The lowest BCUT2D eigenvalue weighted by Crippen LogP contribution is -2.33.